The topological polar surface area (TPSA) is 26.0 Å². The summed E-state index contributed by atoms with van der Waals surface area (Å²) in [4.78, 5) is 0. The predicted octanol–water partition coefficient (Wildman–Crippen LogP) is 4.85. The number of rotatable bonds is 3. The zero-order valence-corrected chi connectivity index (χ0v) is 11.5. The third kappa shape index (κ3) is 4.06. The highest BCUT2D eigenvalue weighted by Gasteiger charge is 2.33. The first-order valence-electron chi connectivity index (χ1n) is 6.54. The lowest BCUT2D eigenvalue weighted by atomic mass is 10.0. The average molecular weight is 289 g/mol. The van der Waals surface area contributed by atoms with Gasteiger partial charge in [0.05, 0.1) is 5.56 Å². The number of thioether (sulfide) groups is 1. The Balaban J connectivity index is 2.06. The fourth-order valence-corrected chi connectivity index (χ4v) is 3.76. The van der Waals surface area contributed by atoms with Crippen LogP contribution in [0.15, 0.2) is 18.2 Å². The molecule has 0 heterocycles. The van der Waals surface area contributed by atoms with E-state index in [0.717, 1.165) is 18.9 Å². The summed E-state index contributed by atoms with van der Waals surface area (Å²) in [7, 11) is 0. The van der Waals surface area contributed by atoms with Gasteiger partial charge in [-0.25, -0.2) is 0 Å². The molecule has 0 saturated heterocycles. The first-order chi connectivity index (χ1) is 8.97. The van der Waals surface area contributed by atoms with Crippen molar-refractivity contribution in [1.29, 1.82) is 0 Å². The molecular weight excluding hydrogens is 271 g/mol. The van der Waals surface area contributed by atoms with Crippen molar-refractivity contribution in [3.8, 4) is 0 Å². The highest BCUT2D eigenvalue weighted by atomic mass is 32.2. The number of hydrogen-bond acceptors (Lipinski definition) is 2. The molecule has 2 rings (SSSR count). The van der Waals surface area contributed by atoms with E-state index in [0.29, 0.717) is 16.6 Å². The SMILES string of the molecule is Nc1ccc(CSC2CCCCC2)c(C(F)(F)F)c1. The van der Waals surface area contributed by atoms with E-state index in [-0.39, 0.29) is 5.69 Å². The fraction of sp³-hybridized carbons (Fsp3) is 0.571. The quantitative estimate of drug-likeness (QED) is 0.805. The molecule has 2 N–H and O–H groups in total. The minimum absolute atomic E-state index is 0.166. The van der Waals surface area contributed by atoms with Crippen LogP contribution in [-0.4, -0.2) is 5.25 Å². The Hall–Kier alpha value is -0.840. The molecular formula is C14H18F3NS. The van der Waals surface area contributed by atoms with Gasteiger partial charge in [-0.3, -0.25) is 0 Å². The number of alkyl halides is 3. The molecule has 1 nitrogen and oxygen atoms in total. The Bertz CT molecular complexity index is 425. The van der Waals surface area contributed by atoms with Gasteiger partial charge < -0.3 is 5.73 Å². The number of benzene rings is 1. The summed E-state index contributed by atoms with van der Waals surface area (Å²) in [5.41, 5.74) is 5.38. The summed E-state index contributed by atoms with van der Waals surface area (Å²) < 4.78 is 38.8. The second-order valence-electron chi connectivity index (χ2n) is 4.99. The summed E-state index contributed by atoms with van der Waals surface area (Å²) in [6.45, 7) is 0. The zero-order chi connectivity index (χ0) is 13.9. The van der Waals surface area contributed by atoms with Crippen molar-refractivity contribution in [2.24, 2.45) is 0 Å². The summed E-state index contributed by atoms with van der Waals surface area (Å²) in [6, 6.07) is 4.09. The van der Waals surface area contributed by atoms with E-state index in [1.165, 1.54) is 25.3 Å². The summed E-state index contributed by atoms with van der Waals surface area (Å²) in [5.74, 6) is 0.416. The van der Waals surface area contributed by atoms with Gasteiger partial charge in [-0.05, 0) is 30.5 Å². The van der Waals surface area contributed by atoms with Gasteiger partial charge in [-0.15, -0.1) is 0 Å². The summed E-state index contributed by atoms with van der Waals surface area (Å²) in [5, 5.41) is 0.507. The smallest absolute Gasteiger partial charge is 0.399 e. The van der Waals surface area contributed by atoms with E-state index < -0.39 is 11.7 Å². The lowest BCUT2D eigenvalue weighted by Crippen LogP contribution is -2.12. The molecule has 0 unspecified atom stereocenters. The van der Waals surface area contributed by atoms with Gasteiger partial charge in [0.2, 0.25) is 0 Å². The number of halogens is 3. The first-order valence-corrected chi connectivity index (χ1v) is 7.59. The van der Waals surface area contributed by atoms with Crippen molar-refractivity contribution in [2.45, 2.75) is 49.3 Å². The molecule has 1 aromatic carbocycles. The van der Waals surface area contributed by atoms with Crippen molar-refractivity contribution in [3.05, 3.63) is 29.3 Å². The fourth-order valence-electron chi connectivity index (χ4n) is 2.42. The molecule has 106 valence electrons. The molecule has 1 saturated carbocycles. The monoisotopic (exact) mass is 289 g/mol. The van der Waals surface area contributed by atoms with E-state index in [2.05, 4.69) is 0 Å². The molecule has 5 heteroatoms. The van der Waals surface area contributed by atoms with Crippen molar-refractivity contribution in [1.82, 2.24) is 0 Å². The molecule has 0 bridgehead atoms. The van der Waals surface area contributed by atoms with Crippen LogP contribution < -0.4 is 5.73 Å². The van der Waals surface area contributed by atoms with Crippen LogP contribution in [0, 0.1) is 0 Å². The van der Waals surface area contributed by atoms with Crippen LogP contribution in [0.25, 0.3) is 0 Å². The van der Waals surface area contributed by atoms with Crippen LogP contribution in [0.3, 0.4) is 0 Å². The maximum absolute atomic E-state index is 12.9. The molecule has 1 fully saturated rings. The molecule has 0 radical (unpaired) electrons. The second kappa shape index (κ2) is 6.07. The maximum atomic E-state index is 12.9. The van der Waals surface area contributed by atoms with E-state index in [1.54, 1.807) is 17.8 Å². The van der Waals surface area contributed by atoms with Crippen molar-refractivity contribution >= 4 is 17.4 Å². The minimum atomic E-state index is -4.32. The standard InChI is InChI=1S/C14H18F3NS/c15-14(16,17)13-8-11(18)7-6-10(13)9-19-12-4-2-1-3-5-12/h6-8,12H,1-5,9,18H2. The van der Waals surface area contributed by atoms with Crippen molar-refractivity contribution < 1.29 is 13.2 Å². The van der Waals surface area contributed by atoms with Gasteiger partial charge in [-0.1, -0.05) is 25.3 Å². The molecule has 1 aliphatic rings. The van der Waals surface area contributed by atoms with Crippen LogP contribution in [0.2, 0.25) is 0 Å². The van der Waals surface area contributed by atoms with Gasteiger partial charge >= 0.3 is 6.18 Å². The molecule has 19 heavy (non-hydrogen) atoms. The summed E-state index contributed by atoms with van der Waals surface area (Å²) in [6.07, 6.45) is 1.59. The third-order valence-electron chi connectivity index (χ3n) is 3.47. The Morgan fingerprint density at radius 2 is 1.84 bits per heavy atom. The van der Waals surface area contributed by atoms with Crippen LogP contribution in [-0.2, 0) is 11.9 Å². The van der Waals surface area contributed by atoms with Crippen LogP contribution in [0.5, 0.6) is 0 Å². The van der Waals surface area contributed by atoms with E-state index in [9.17, 15) is 13.2 Å². The summed E-state index contributed by atoms with van der Waals surface area (Å²) >= 11 is 1.65. The normalized spacial score (nSPS) is 17.6. The Morgan fingerprint density at radius 1 is 1.16 bits per heavy atom. The Kier molecular flexibility index (Phi) is 4.66. The van der Waals surface area contributed by atoms with Gasteiger partial charge in [0.25, 0.3) is 0 Å². The highest BCUT2D eigenvalue weighted by molar-refractivity contribution is 7.99. The molecule has 0 aliphatic heterocycles. The maximum Gasteiger partial charge on any atom is 0.416 e. The number of anilines is 1. The number of hydrogen-bond donors (Lipinski definition) is 1. The van der Waals surface area contributed by atoms with Crippen LogP contribution in [0.4, 0.5) is 18.9 Å². The lowest BCUT2D eigenvalue weighted by molar-refractivity contribution is -0.138. The average Bonchev–Trinajstić information content (AvgIpc) is 2.37. The minimum Gasteiger partial charge on any atom is -0.399 e. The number of nitrogens with two attached hydrogens (primary N) is 1. The van der Waals surface area contributed by atoms with Crippen LogP contribution in [0.1, 0.15) is 43.2 Å². The Labute approximate surface area is 115 Å². The van der Waals surface area contributed by atoms with Crippen LogP contribution >= 0.6 is 11.8 Å². The molecule has 0 spiro atoms. The van der Waals surface area contributed by atoms with E-state index in [4.69, 9.17) is 5.73 Å². The Morgan fingerprint density at radius 3 is 2.47 bits per heavy atom. The van der Waals surface area contributed by atoms with Gasteiger partial charge in [0.15, 0.2) is 0 Å². The van der Waals surface area contributed by atoms with Crippen molar-refractivity contribution in [3.63, 3.8) is 0 Å². The molecule has 1 aromatic rings. The van der Waals surface area contributed by atoms with Gasteiger partial charge in [0.1, 0.15) is 0 Å². The van der Waals surface area contributed by atoms with Gasteiger partial charge in [-0.2, -0.15) is 24.9 Å². The lowest BCUT2D eigenvalue weighted by Gasteiger charge is -2.22. The van der Waals surface area contributed by atoms with E-state index >= 15 is 0 Å². The molecule has 1 aliphatic carbocycles. The molecule has 0 aromatic heterocycles. The third-order valence-corrected chi connectivity index (χ3v) is 4.89. The van der Waals surface area contributed by atoms with Crippen molar-refractivity contribution in [2.75, 3.05) is 5.73 Å². The highest BCUT2D eigenvalue weighted by Crippen LogP contribution is 2.37. The molecule has 0 atom stereocenters. The first kappa shape index (κ1) is 14.6. The van der Waals surface area contributed by atoms with Gasteiger partial charge in [0, 0.05) is 16.7 Å². The number of nitrogen functional groups attached to an aromatic ring is 1. The van der Waals surface area contributed by atoms with E-state index in [1.807, 2.05) is 0 Å². The molecule has 0 amide bonds. The second-order valence-corrected chi connectivity index (χ2v) is 6.27. The largest absolute Gasteiger partial charge is 0.416 e. The zero-order valence-electron chi connectivity index (χ0n) is 10.7. The predicted molar refractivity (Wildman–Crippen MR) is 74.0 cm³/mol.